The predicted molar refractivity (Wildman–Crippen MR) is 81.2 cm³/mol. The van der Waals surface area contributed by atoms with E-state index in [1.54, 1.807) is 7.11 Å². The standard InChI is InChI=1S/C17H25NO2/c1-20-15-9-5-8-14(12-15)18-16-10-4-7-13-6-2-3-11-17(13,16)19/h5,8-9,12-13,16,18-19H,2-4,6-7,10-11H2,1H3/t13-,16+,17+/m1/s1. The molecule has 1 aromatic carbocycles. The van der Waals surface area contributed by atoms with Crippen molar-refractivity contribution in [3.63, 3.8) is 0 Å². The highest BCUT2D eigenvalue weighted by molar-refractivity contribution is 5.49. The van der Waals surface area contributed by atoms with Crippen LogP contribution in [-0.2, 0) is 0 Å². The molecule has 0 bridgehead atoms. The highest BCUT2D eigenvalue weighted by Gasteiger charge is 2.47. The van der Waals surface area contributed by atoms with E-state index < -0.39 is 5.60 Å². The van der Waals surface area contributed by atoms with Crippen molar-refractivity contribution in [3.05, 3.63) is 24.3 Å². The first kappa shape index (κ1) is 13.7. The molecule has 0 spiro atoms. The summed E-state index contributed by atoms with van der Waals surface area (Å²) in [6.45, 7) is 0. The molecule has 2 fully saturated rings. The summed E-state index contributed by atoms with van der Waals surface area (Å²) >= 11 is 0. The van der Waals surface area contributed by atoms with Crippen LogP contribution >= 0.6 is 0 Å². The summed E-state index contributed by atoms with van der Waals surface area (Å²) in [5, 5.41) is 14.7. The summed E-state index contributed by atoms with van der Waals surface area (Å²) in [5.41, 5.74) is 0.536. The smallest absolute Gasteiger partial charge is 0.120 e. The van der Waals surface area contributed by atoms with Crippen molar-refractivity contribution >= 4 is 5.69 Å². The summed E-state index contributed by atoms with van der Waals surface area (Å²) in [6, 6.07) is 8.18. The van der Waals surface area contributed by atoms with Crippen LogP contribution in [0.2, 0.25) is 0 Å². The summed E-state index contributed by atoms with van der Waals surface area (Å²) in [4.78, 5) is 0. The highest BCUT2D eigenvalue weighted by Crippen LogP contribution is 2.44. The van der Waals surface area contributed by atoms with Crippen molar-refractivity contribution in [2.45, 2.75) is 56.6 Å². The van der Waals surface area contributed by atoms with Crippen LogP contribution in [0.5, 0.6) is 5.75 Å². The van der Waals surface area contributed by atoms with Crippen LogP contribution in [0.15, 0.2) is 24.3 Å². The first-order chi connectivity index (χ1) is 9.72. The molecule has 2 saturated carbocycles. The van der Waals surface area contributed by atoms with Gasteiger partial charge in [0.25, 0.3) is 0 Å². The zero-order chi connectivity index (χ0) is 14.0. The molecule has 2 aliphatic rings. The molecule has 0 heterocycles. The maximum Gasteiger partial charge on any atom is 0.120 e. The van der Waals surface area contributed by atoms with Gasteiger partial charge in [-0.05, 0) is 43.7 Å². The number of hydrogen-bond donors (Lipinski definition) is 2. The minimum absolute atomic E-state index is 0.175. The number of hydrogen-bond acceptors (Lipinski definition) is 3. The van der Waals surface area contributed by atoms with E-state index in [4.69, 9.17) is 4.74 Å². The summed E-state index contributed by atoms with van der Waals surface area (Å²) in [7, 11) is 1.68. The van der Waals surface area contributed by atoms with Gasteiger partial charge in [0.15, 0.2) is 0 Å². The fourth-order valence-electron chi connectivity index (χ4n) is 4.04. The van der Waals surface area contributed by atoms with Crippen LogP contribution in [-0.4, -0.2) is 23.9 Å². The molecule has 0 aliphatic heterocycles. The fourth-order valence-corrected chi connectivity index (χ4v) is 4.04. The minimum atomic E-state index is -0.514. The Morgan fingerprint density at radius 3 is 2.90 bits per heavy atom. The fraction of sp³-hybridized carbons (Fsp3) is 0.647. The Morgan fingerprint density at radius 2 is 2.05 bits per heavy atom. The molecule has 0 radical (unpaired) electrons. The third kappa shape index (κ3) is 2.51. The second-order valence-corrected chi connectivity index (χ2v) is 6.29. The monoisotopic (exact) mass is 275 g/mol. The Labute approximate surface area is 121 Å². The average Bonchev–Trinajstić information content (AvgIpc) is 2.48. The molecular weight excluding hydrogens is 250 g/mol. The van der Waals surface area contributed by atoms with Gasteiger partial charge in [-0.1, -0.05) is 25.3 Å². The Bertz CT molecular complexity index is 460. The highest BCUT2D eigenvalue weighted by atomic mass is 16.5. The number of benzene rings is 1. The maximum absolute atomic E-state index is 11.1. The third-order valence-electron chi connectivity index (χ3n) is 5.15. The summed E-state index contributed by atoms with van der Waals surface area (Å²) in [5.74, 6) is 1.34. The zero-order valence-electron chi connectivity index (χ0n) is 12.3. The Kier molecular flexibility index (Phi) is 3.88. The maximum atomic E-state index is 11.1. The zero-order valence-corrected chi connectivity index (χ0v) is 12.3. The lowest BCUT2D eigenvalue weighted by Crippen LogP contribution is -2.56. The molecule has 20 heavy (non-hydrogen) atoms. The summed E-state index contributed by atoms with van der Waals surface area (Å²) < 4.78 is 5.27. The number of rotatable bonds is 3. The lowest BCUT2D eigenvalue weighted by atomic mass is 9.65. The van der Waals surface area contributed by atoms with E-state index in [1.807, 2.05) is 18.2 Å². The normalized spacial score (nSPS) is 33.3. The van der Waals surface area contributed by atoms with Gasteiger partial charge < -0.3 is 15.2 Å². The molecule has 3 nitrogen and oxygen atoms in total. The van der Waals surface area contributed by atoms with Gasteiger partial charge in [0.2, 0.25) is 0 Å². The van der Waals surface area contributed by atoms with E-state index in [0.717, 1.165) is 30.7 Å². The van der Waals surface area contributed by atoms with Crippen molar-refractivity contribution < 1.29 is 9.84 Å². The number of anilines is 1. The molecule has 1 aromatic rings. The lowest BCUT2D eigenvalue weighted by molar-refractivity contribution is -0.0835. The molecule has 2 aliphatic carbocycles. The topological polar surface area (TPSA) is 41.5 Å². The molecule has 3 atom stereocenters. The van der Waals surface area contributed by atoms with Crippen molar-refractivity contribution in [3.8, 4) is 5.75 Å². The average molecular weight is 275 g/mol. The molecule has 3 rings (SSSR count). The SMILES string of the molecule is COc1cccc(N[C@H]2CCC[C@H]3CCCC[C@]32O)c1. The molecule has 3 heteroatoms. The Morgan fingerprint density at radius 1 is 1.20 bits per heavy atom. The van der Waals surface area contributed by atoms with Crippen LogP contribution in [0.1, 0.15) is 44.9 Å². The van der Waals surface area contributed by atoms with Gasteiger partial charge in [0, 0.05) is 11.8 Å². The number of aliphatic hydroxyl groups is 1. The van der Waals surface area contributed by atoms with Crippen LogP contribution < -0.4 is 10.1 Å². The van der Waals surface area contributed by atoms with Crippen molar-refractivity contribution in [2.24, 2.45) is 5.92 Å². The first-order valence-electron chi connectivity index (χ1n) is 7.85. The van der Waals surface area contributed by atoms with Gasteiger partial charge in [-0.3, -0.25) is 0 Å². The lowest BCUT2D eigenvalue weighted by Gasteiger charge is -2.49. The van der Waals surface area contributed by atoms with E-state index in [0.29, 0.717) is 5.92 Å². The van der Waals surface area contributed by atoms with Crippen molar-refractivity contribution in [2.75, 3.05) is 12.4 Å². The van der Waals surface area contributed by atoms with Gasteiger partial charge in [-0.2, -0.15) is 0 Å². The van der Waals surface area contributed by atoms with E-state index in [9.17, 15) is 5.11 Å². The molecule has 110 valence electrons. The van der Waals surface area contributed by atoms with Gasteiger partial charge in [-0.25, -0.2) is 0 Å². The number of ether oxygens (including phenoxy) is 1. The molecule has 0 saturated heterocycles. The van der Waals surface area contributed by atoms with Crippen molar-refractivity contribution in [1.82, 2.24) is 0 Å². The van der Waals surface area contributed by atoms with Crippen molar-refractivity contribution in [1.29, 1.82) is 0 Å². The first-order valence-corrected chi connectivity index (χ1v) is 7.85. The third-order valence-corrected chi connectivity index (χ3v) is 5.15. The largest absolute Gasteiger partial charge is 0.497 e. The molecule has 0 amide bonds. The number of fused-ring (bicyclic) bond motifs is 1. The molecular formula is C17H25NO2. The van der Waals surface area contributed by atoms with Gasteiger partial charge >= 0.3 is 0 Å². The second kappa shape index (κ2) is 5.65. The van der Waals surface area contributed by atoms with Crippen LogP contribution in [0.25, 0.3) is 0 Å². The van der Waals surface area contributed by atoms with E-state index in [1.165, 1.54) is 25.7 Å². The van der Waals surface area contributed by atoms with E-state index in [-0.39, 0.29) is 6.04 Å². The van der Waals surface area contributed by atoms with Crippen LogP contribution in [0, 0.1) is 5.92 Å². The van der Waals surface area contributed by atoms with Gasteiger partial charge in [0.05, 0.1) is 18.8 Å². The van der Waals surface area contributed by atoms with E-state index in [2.05, 4.69) is 11.4 Å². The van der Waals surface area contributed by atoms with Gasteiger partial charge in [-0.15, -0.1) is 0 Å². The second-order valence-electron chi connectivity index (χ2n) is 6.29. The van der Waals surface area contributed by atoms with Gasteiger partial charge in [0.1, 0.15) is 5.75 Å². The Balaban J connectivity index is 1.77. The molecule has 0 aromatic heterocycles. The Hall–Kier alpha value is -1.22. The molecule has 2 N–H and O–H groups in total. The van der Waals surface area contributed by atoms with Crippen LogP contribution in [0.4, 0.5) is 5.69 Å². The number of methoxy groups -OCH3 is 1. The van der Waals surface area contributed by atoms with Crippen LogP contribution in [0.3, 0.4) is 0 Å². The quantitative estimate of drug-likeness (QED) is 0.886. The minimum Gasteiger partial charge on any atom is -0.497 e. The predicted octanol–water partition coefficient (Wildman–Crippen LogP) is 3.58. The van der Waals surface area contributed by atoms with E-state index >= 15 is 0 Å². The summed E-state index contributed by atoms with van der Waals surface area (Å²) in [6.07, 6.45) is 8.03. The molecule has 0 unspecified atom stereocenters. The number of nitrogens with one attached hydrogen (secondary N) is 1.